The number of aryl methyl sites for hydroxylation is 2. The number of carbonyl (C=O) groups excluding carboxylic acids is 2. The Labute approximate surface area is 143 Å². The summed E-state index contributed by atoms with van der Waals surface area (Å²) in [7, 11) is 0. The molecule has 0 spiro atoms. The third-order valence-corrected chi connectivity index (χ3v) is 5.14. The lowest BCUT2D eigenvalue weighted by atomic mass is 10.0. The van der Waals surface area contributed by atoms with Gasteiger partial charge in [-0.15, -0.1) is 10.2 Å². The zero-order valence-corrected chi connectivity index (χ0v) is 15.2. The molecule has 23 heavy (non-hydrogen) atoms. The van der Waals surface area contributed by atoms with Gasteiger partial charge in [0.05, 0.1) is 5.75 Å². The molecule has 0 atom stereocenters. The molecule has 1 aromatic carbocycles. The normalized spacial score (nSPS) is 10.8. The highest BCUT2D eigenvalue weighted by Gasteiger charge is 2.14. The van der Waals surface area contributed by atoms with Crippen molar-refractivity contribution in [1.82, 2.24) is 10.2 Å². The molecule has 2 rings (SSSR count). The number of nitrogens with one attached hydrogen (secondary N) is 1. The maximum absolute atomic E-state index is 12.3. The van der Waals surface area contributed by atoms with E-state index in [0.717, 1.165) is 16.7 Å². The van der Waals surface area contributed by atoms with Crippen LogP contribution in [0.1, 0.15) is 35.3 Å². The third-order valence-electron chi connectivity index (χ3n) is 3.17. The van der Waals surface area contributed by atoms with Gasteiger partial charge in [0.2, 0.25) is 11.0 Å². The molecule has 0 saturated carbocycles. The van der Waals surface area contributed by atoms with Gasteiger partial charge in [-0.1, -0.05) is 60.7 Å². The molecule has 0 fully saturated rings. The van der Waals surface area contributed by atoms with Gasteiger partial charge in [0.25, 0.3) is 0 Å². The lowest BCUT2D eigenvalue weighted by molar-refractivity contribution is -0.118. The predicted octanol–water partition coefficient (Wildman–Crippen LogP) is 3.72. The molecule has 1 N–H and O–H groups in total. The summed E-state index contributed by atoms with van der Waals surface area (Å²) in [5.74, 6) is 0.164. The highest BCUT2D eigenvalue weighted by molar-refractivity contribution is 8.01. The molecule has 5 nitrogen and oxygen atoms in total. The Morgan fingerprint density at radius 2 is 2.00 bits per heavy atom. The molecule has 7 heteroatoms. The average molecular weight is 349 g/mol. The molecular formula is C16H19N3O2S2. The van der Waals surface area contributed by atoms with E-state index in [-0.39, 0.29) is 17.6 Å². The predicted molar refractivity (Wildman–Crippen MR) is 94.3 cm³/mol. The number of carbonyl (C=O) groups is 2. The Kier molecular flexibility index (Phi) is 5.90. The summed E-state index contributed by atoms with van der Waals surface area (Å²) in [5, 5.41) is 11.1. The maximum atomic E-state index is 12.3. The van der Waals surface area contributed by atoms with Gasteiger partial charge in [0, 0.05) is 11.5 Å². The first kappa shape index (κ1) is 17.6. The van der Waals surface area contributed by atoms with Gasteiger partial charge < -0.3 is 5.32 Å². The number of aromatic nitrogens is 2. The van der Waals surface area contributed by atoms with Crippen LogP contribution >= 0.6 is 23.1 Å². The van der Waals surface area contributed by atoms with Crippen molar-refractivity contribution >= 4 is 39.9 Å². The molecule has 0 saturated heterocycles. The molecule has 1 heterocycles. The number of rotatable bonds is 6. The first-order valence-corrected chi connectivity index (χ1v) is 9.04. The highest BCUT2D eigenvalue weighted by Crippen LogP contribution is 2.26. The van der Waals surface area contributed by atoms with Crippen molar-refractivity contribution in [3.05, 3.63) is 34.9 Å². The molecule has 1 amide bonds. The van der Waals surface area contributed by atoms with E-state index in [9.17, 15) is 9.59 Å². The summed E-state index contributed by atoms with van der Waals surface area (Å²) in [4.78, 5) is 23.9. The fourth-order valence-electron chi connectivity index (χ4n) is 1.90. The van der Waals surface area contributed by atoms with Crippen molar-refractivity contribution in [2.24, 2.45) is 5.92 Å². The summed E-state index contributed by atoms with van der Waals surface area (Å²) < 4.78 is 0.669. The van der Waals surface area contributed by atoms with E-state index < -0.39 is 0 Å². The quantitative estimate of drug-likeness (QED) is 0.489. The van der Waals surface area contributed by atoms with E-state index in [0.29, 0.717) is 15.2 Å². The Hall–Kier alpha value is -1.73. The lowest BCUT2D eigenvalue weighted by Crippen LogP contribution is -2.17. The number of Topliss-reactive ketones (excluding diaryl/α,β-unsaturated/α-hetero) is 1. The SMILES string of the molecule is Cc1ccc(C(=O)CSc2nnc(NC(=O)C(C)C)s2)c(C)c1. The van der Waals surface area contributed by atoms with Crippen LogP contribution in [0.5, 0.6) is 0 Å². The number of amides is 1. The van der Waals surface area contributed by atoms with Crippen LogP contribution in [0.15, 0.2) is 22.5 Å². The van der Waals surface area contributed by atoms with Crippen LogP contribution in [0.25, 0.3) is 0 Å². The minimum Gasteiger partial charge on any atom is -0.300 e. The zero-order chi connectivity index (χ0) is 17.0. The van der Waals surface area contributed by atoms with Gasteiger partial charge in [-0.25, -0.2) is 0 Å². The smallest absolute Gasteiger partial charge is 0.228 e. The molecule has 0 aliphatic rings. The number of anilines is 1. The van der Waals surface area contributed by atoms with E-state index in [4.69, 9.17) is 0 Å². The zero-order valence-electron chi connectivity index (χ0n) is 13.5. The second-order valence-corrected chi connectivity index (χ2v) is 7.75. The molecule has 0 radical (unpaired) electrons. The molecular weight excluding hydrogens is 330 g/mol. The number of hydrogen-bond acceptors (Lipinski definition) is 6. The minimum atomic E-state index is -0.110. The topological polar surface area (TPSA) is 72.0 Å². The molecule has 122 valence electrons. The molecule has 0 aliphatic heterocycles. The lowest BCUT2D eigenvalue weighted by Gasteiger charge is -2.05. The molecule has 2 aromatic rings. The van der Waals surface area contributed by atoms with Crippen LogP contribution < -0.4 is 5.32 Å². The molecule has 1 aromatic heterocycles. The summed E-state index contributed by atoms with van der Waals surface area (Å²) in [6, 6.07) is 5.81. The van der Waals surface area contributed by atoms with Crippen LogP contribution in [0.4, 0.5) is 5.13 Å². The third kappa shape index (κ3) is 4.87. The standard InChI is InChI=1S/C16H19N3O2S2/c1-9(2)14(21)17-15-18-19-16(23-15)22-8-13(20)12-6-5-10(3)7-11(12)4/h5-7,9H,8H2,1-4H3,(H,17,18,21). The van der Waals surface area contributed by atoms with Crippen LogP contribution in [0.2, 0.25) is 0 Å². The second-order valence-electron chi connectivity index (χ2n) is 5.55. The molecule has 0 unspecified atom stereocenters. The number of hydrogen-bond donors (Lipinski definition) is 1. The van der Waals surface area contributed by atoms with E-state index in [1.165, 1.54) is 23.1 Å². The number of ketones is 1. The van der Waals surface area contributed by atoms with Crippen molar-refractivity contribution in [2.75, 3.05) is 11.1 Å². The van der Waals surface area contributed by atoms with Crippen LogP contribution in [-0.4, -0.2) is 27.6 Å². The maximum Gasteiger partial charge on any atom is 0.228 e. The highest BCUT2D eigenvalue weighted by atomic mass is 32.2. The summed E-state index contributed by atoms with van der Waals surface area (Å²) >= 11 is 2.62. The van der Waals surface area contributed by atoms with E-state index in [1.807, 2.05) is 45.9 Å². The summed E-state index contributed by atoms with van der Waals surface area (Å²) in [5.41, 5.74) is 2.86. The first-order valence-electron chi connectivity index (χ1n) is 7.24. The second kappa shape index (κ2) is 7.70. The van der Waals surface area contributed by atoms with Crippen molar-refractivity contribution in [3.63, 3.8) is 0 Å². The van der Waals surface area contributed by atoms with Crippen LogP contribution in [-0.2, 0) is 4.79 Å². The fourth-order valence-corrected chi connectivity index (χ4v) is 3.54. The fraction of sp³-hybridized carbons (Fsp3) is 0.375. The van der Waals surface area contributed by atoms with Crippen molar-refractivity contribution < 1.29 is 9.59 Å². The Bertz CT molecular complexity index is 726. The van der Waals surface area contributed by atoms with Gasteiger partial charge in [0.15, 0.2) is 10.1 Å². The van der Waals surface area contributed by atoms with Gasteiger partial charge in [0.1, 0.15) is 0 Å². The number of nitrogens with zero attached hydrogens (tertiary/aromatic N) is 2. The van der Waals surface area contributed by atoms with E-state index in [1.54, 1.807) is 0 Å². The Balaban J connectivity index is 1.94. The largest absolute Gasteiger partial charge is 0.300 e. The van der Waals surface area contributed by atoms with Gasteiger partial charge in [-0.2, -0.15) is 0 Å². The van der Waals surface area contributed by atoms with Gasteiger partial charge in [-0.05, 0) is 19.4 Å². The number of thioether (sulfide) groups is 1. The van der Waals surface area contributed by atoms with E-state index >= 15 is 0 Å². The summed E-state index contributed by atoms with van der Waals surface area (Å²) in [6.07, 6.45) is 0. The van der Waals surface area contributed by atoms with Crippen molar-refractivity contribution in [1.29, 1.82) is 0 Å². The van der Waals surface area contributed by atoms with Crippen LogP contribution in [0.3, 0.4) is 0 Å². The minimum absolute atomic E-state index is 0.0652. The van der Waals surface area contributed by atoms with Crippen molar-refractivity contribution in [3.8, 4) is 0 Å². The molecule has 0 aliphatic carbocycles. The van der Waals surface area contributed by atoms with Crippen LogP contribution in [0, 0.1) is 19.8 Å². The summed E-state index contributed by atoms with van der Waals surface area (Å²) in [6.45, 7) is 7.57. The monoisotopic (exact) mass is 349 g/mol. The Morgan fingerprint density at radius 3 is 2.65 bits per heavy atom. The molecule has 0 bridgehead atoms. The Morgan fingerprint density at radius 1 is 1.26 bits per heavy atom. The average Bonchev–Trinajstić information content (AvgIpc) is 2.92. The van der Waals surface area contributed by atoms with Crippen molar-refractivity contribution in [2.45, 2.75) is 32.0 Å². The van der Waals surface area contributed by atoms with Gasteiger partial charge in [-0.3, -0.25) is 9.59 Å². The van der Waals surface area contributed by atoms with Gasteiger partial charge >= 0.3 is 0 Å². The first-order chi connectivity index (χ1) is 10.9. The van der Waals surface area contributed by atoms with E-state index in [2.05, 4.69) is 15.5 Å². The number of benzene rings is 1.